The maximum Gasteiger partial charge on any atom is 0.267 e. The number of rotatable bonds is 4. The topological polar surface area (TPSA) is 72.5 Å². The summed E-state index contributed by atoms with van der Waals surface area (Å²) in [6.45, 7) is 0.523. The second-order valence-corrected chi connectivity index (χ2v) is 7.51. The Morgan fingerprint density at radius 1 is 1.43 bits per heavy atom. The Morgan fingerprint density at radius 2 is 2.19 bits per heavy atom. The summed E-state index contributed by atoms with van der Waals surface area (Å²) in [5, 5.41) is 0. The van der Waals surface area contributed by atoms with Crippen LogP contribution in [-0.4, -0.2) is 32.8 Å². The zero-order valence-electron chi connectivity index (χ0n) is 11.1. The van der Waals surface area contributed by atoms with E-state index in [-0.39, 0.29) is 11.3 Å². The van der Waals surface area contributed by atoms with Crippen LogP contribution < -0.4 is 4.72 Å². The molecule has 0 aromatic heterocycles. The molecule has 1 aliphatic heterocycles. The van der Waals surface area contributed by atoms with Crippen LogP contribution in [0.15, 0.2) is 22.7 Å². The fourth-order valence-electron chi connectivity index (χ4n) is 2.10. The highest BCUT2D eigenvalue weighted by Crippen LogP contribution is 2.16. The van der Waals surface area contributed by atoms with Crippen LogP contribution in [0.4, 0.5) is 4.39 Å². The summed E-state index contributed by atoms with van der Waals surface area (Å²) in [5.41, 5.74) is -0.314. The predicted octanol–water partition coefficient (Wildman–Crippen LogP) is 2.22. The number of carbonyl (C=O) groups is 1. The normalized spacial score (nSPS) is 19.2. The Kier molecular flexibility index (Phi) is 5.34. The van der Waals surface area contributed by atoms with Crippen molar-refractivity contribution in [2.24, 2.45) is 0 Å². The molecular weight excluding hydrogens is 365 g/mol. The molecule has 1 atom stereocenters. The first-order valence-corrected chi connectivity index (χ1v) is 8.93. The van der Waals surface area contributed by atoms with E-state index in [1.54, 1.807) is 0 Å². The van der Waals surface area contributed by atoms with Crippen LogP contribution in [-0.2, 0) is 14.8 Å². The van der Waals surface area contributed by atoms with Gasteiger partial charge in [-0.2, -0.15) is 0 Å². The standard InChI is InChI=1S/C13H15BrFNO4S/c14-9-4-5-11(12(15)7-9)13(17)16-21(18,19)8-10-3-1-2-6-20-10/h4-5,7,10H,1-3,6,8H2,(H,16,17). The van der Waals surface area contributed by atoms with Crippen LogP contribution in [0.25, 0.3) is 0 Å². The average Bonchev–Trinajstić information content (AvgIpc) is 2.38. The maximum absolute atomic E-state index is 13.6. The number of amides is 1. The van der Waals surface area contributed by atoms with Crippen molar-refractivity contribution in [3.8, 4) is 0 Å². The zero-order valence-corrected chi connectivity index (χ0v) is 13.5. The molecule has 0 bridgehead atoms. The summed E-state index contributed by atoms with van der Waals surface area (Å²) in [6, 6.07) is 3.79. The Bertz CT molecular complexity index is 629. The molecule has 0 radical (unpaired) electrons. The molecule has 1 unspecified atom stereocenters. The van der Waals surface area contributed by atoms with Crippen molar-refractivity contribution in [1.82, 2.24) is 4.72 Å². The predicted molar refractivity (Wildman–Crippen MR) is 78.9 cm³/mol. The van der Waals surface area contributed by atoms with E-state index in [1.165, 1.54) is 12.1 Å². The quantitative estimate of drug-likeness (QED) is 0.870. The van der Waals surface area contributed by atoms with E-state index >= 15 is 0 Å². The fourth-order valence-corrected chi connectivity index (χ4v) is 3.66. The molecule has 1 amide bonds. The first kappa shape index (κ1) is 16.4. The molecule has 0 aliphatic carbocycles. The van der Waals surface area contributed by atoms with Gasteiger partial charge in [-0.1, -0.05) is 15.9 Å². The van der Waals surface area contributed by atoms with Crippen molar-refractivity contribution in [2.45, 2.75) is 25.4 Å². The molecule has 1 aromatic rings. The van der Waals surface area contributed by atoms with Crippen molar-refractivity contribution in [3.63, 3.8) is 0 Å². The van der Waals surface area contributed by atoms with Gasteiger partial charge < -0.3 is 4.74 Å². The Labute approximate surface area is 131 Å². The Hall–Kier alpha value is -0.990. The van der Waals surface area contributed by atoms with Crippen molar-refractivity contribution in [2.75, 3.05) is 12.4 Å². The van der Waals surface area contributed by atoms with Crippen molar-refractivity contribution < 1.29 is 22.3 Å². The first-order chi connectivity index (χ1) is 9.87. The molecule has 1 aliphatic rings. The summed E-state index contributed by atoms with van der Waals surface area (Å²) in [5.74, 6) is -2.06. The van der Waals surface area contributed by atoms with Crippen LogP contribution in [0, 0.1) is 5.82 Å². The number of benzene rings is 1. The summed E-state index contributed by atoms with van der Waals surface area (Å²) in [6.07, 6.45) is 2.03. The molecule has 1 fully saturated rings. The van der Waals surface area contributed by atoms with Crippen LogP contribution in [0.5, 0.6) is 0 Å². The largest absolute Gasteiger partial charge is 0.377 e. The average molecular weight is 380 g/mol. The van der Waals surface area contributed by atoms with E-state index < -0.39 is 27.9 Å². The van der Waals surface area contributed by atoms with Gasteiger partial charge in [0.25, 0.3) is 5.91 Å². The second kappa shape index (κ2) is 6.85. The van der Waals surface area contributed by atoms with Gasteiger partial charge in [0.2, 0.25) is 10.0 Å². The molecule has 1 aromatic carbocycles. The number of ether oxygens (including phenoxy) is 1. The Morgan fingerprint density at radius 3 is 2.81 bits per heavy atom. The van der Waals surface area contributed by atoms with E-state index in [0.29, 0.717) is 17.5 Å². The van der Waals surface area contributed by atoms with Gasteiger partial charge in [0.05, 0.1) is 17.4 Å². The van der Waals surface area contributed by atoms with Gasteiger partial charge in [-0.3, -0.25) is 4.79 Å². The number of nitrogens with one attached hydrogen (secondary N) is 1. The second-order valence-electron chi connectivity index (χ2n) is 4.83. The number of carbonyl (C=O) groups excluding carboxylic acids is 1. The molecule has 2 rings (SSSR count). The van der Waals surface area contributed by atoms with Gasteiger partial charge in [0, 0.05) is 11.1 Å². The van der Waals surface area contributed by atoms with Crippen molar-refractivity contribution in [1.29, 1.82) is 0 Å². The van der Waals surface area contributed by atoms with Gasteiger partial charge in [-0.25, -0.2) is 17.5 Å². The van der Waals surface area contributed by atoms with E-state index in [0.717, 1.165) is 18.9 Å². The Balaban J connectivity index is 2.03. The van der Waals surface area contributed by atoms with Gasteiger partial charge in [-0.15, -0.1) is 0 Å². The van der Waals surface area contributed by atoms with Crippen molar-refractivity contribution in [3.05, 3.63) is 34.1 Å². The lowest BCUT2D eigenvalue weighted by Crippen LogP contribution is -2.38. The molecule has 5 nitrogen and oxygen atoms in total. The molecule has 1 heterocycles. The minimum Gasteiger partial charge on any atom is -0.377 e. The minimum atomic E-state index is -3.86. The molecular formula is C13H15BrFNO4S. The lowest BCUT2D eigenvalue weighted by Gasteiger charge is -2.22. The molecule has 8 heteroatoms. The van der Waals surface area contributed by atoms with Crippen LogP contribution in [0.2, 0.25) is 0 Å². The van der Waals surface area contributed by atoms with Crippen LogP contribution in [0.1, 0.15) is 29.6 Å². The monoisotopic (exact) mass is 379 g/mol. The van der Waals surface area contributed by atoms with E-state index in [1.807, 2.05) is 4.72 Å². The van der Waals surface area contributed by atoms with Crippen molar-refractivity contribution >= 4 is 31.9 Å². The van der Waals surface area contributed by atoms with E-state index in [9.17, 15) is 17.6 Å². The molecule has 1 saturated heterocycles. The van der Waals surface area contributed by atoms with Gasteiger partial charge in [-0.05, 0) is 37.5 Å². The highest BCUT2D eigenvalue weighted by molar-refractivity contribution is 9.10. The number of halogens is 2. The van der Waals surface area contributed by atoms with E-state index in [2.05, 4.69) is 15.9 Å². The van der Waals surface area contributed by atoms with Crippen LogP contribution in [0.3, 0.4) is 0 Å². The lowest BCUT2D eigenvalue weighted by atomic mass is 10.1. The van der Waals surface area contributed by atoms with Crippen LogP contribution >= 0.6 is 15.9 Å². The summed E-state index contributed by atoms with van der Waals surface area (Å²) in [7, 11) is -3.86. The zero-order chi connectivity index (χ0) is 15.5. The molecule has 1 N–H and O–H groups in total. The number of hydrogen-bond acceptors (Lipinski definition) is 4. The minimum absolute atomic E-state index is 0.295. The van der Waals surface area contributed by atoms with E-state index in [4.69, 9.17) is 4.74 Å². The van der Waals surface area contributed by atoms with Gasteiger partial charge in [0.15, 0.2) is 0 Å². The number of sulfonamides is 1. The maximum atomic E-state index is 13.6. The third-order valence-corrected chi connectivity index (χ3v) is 4.90. The summed E-state index contributed by atoms with van der Waals surface area (Å²) < 4.78 is 45.1. The molecule has 21 heavy (non-hydrogen) atoms. The molecule has 116 valence electrons. The SMILES string of the molecule is O=C(NS(=O)(=O)CC1CCCCO1)c1ccc(Br)cc1F. The molecule has 0 saturated carbocycles. The summed E-state index contributed by atoms with van der Waals surface area (Å²) in [4.78, 5) is 11.8. The third kappa shape index (κ3) is 4.76. The highest BCUT2D eigenvalue weighted by atomic mass is 79.9. The number of hydrogen-bond donors (Lipinski definition) is 1. The molecule has 0 spiro atoms. The first-order valence-electron chi connectivity index (χ1n) is 6.49. The summed E-state index contributed by atoms with van der Waals surface area (Å²) >= 11 is 3.07. The van der Waals surface area contributed by atoms with Gasteiger partial charge in [0.1, 0.15) is 5.82 Å². The van der Waals surface area contributed by atoms with Gasteiger partial charge >= 0.3 is 0 Å². The lowest BCUT2D eigenvalue weighted by molar-refractivity contribution is 0.0304. The smallest absolute Gasteiger partial charge is 0.267 e. The third-order valence-electron chi connectivity index (χ3n) is 3.10. The fraction of sp³-hybridized carbons (Fsp3) is 0.462. The highest BCUT2D eigenvalue weighted by Gasteiger charge is 2.25.